The van der Waals surface area contributed by atoms with E-state index in [1.807, 2.05) is 18.2 Å². The number of halogens is 1. The lowest BCUT2D eigenvalue weighted by Gasteiger charge is -2.18. The summed E-state index contributed by atoms with van der Waals surface area (Å²) in [6, 6.07) is 8.03. The third kappa shape index (κ3) is 3.02. The molecule has 1 aromatic carbocycles. The van der Waals surface area contributed by atoms with E-state index in [1.54, 1.807) is 0 Å². The van der Waals surface area contributed by atoms with Crippen LogP contribution in [0.1, 0.15) is 19.4 Å². The molecule has 0 amide bonds. The summed E-state index contributed by atoms with van der Waals surface area (Å²) in [4.78, 5) is 2.35. The molecule has 0 aliphatic carbocycles. The molecule has 0 heterocycles. The van der Waals surface area contributed by atoms with Crippen molar-refractivity contribution >= 4 is 11.6 Å². The smallest absolute Gasteiger partial charge is 0.0451 e. The van der Waals surface area contributed by atoms with Crippen LogP contribution in [0.15, 0.2) is 24.3 Å². The molecule has 0 aromatic heterocycles. The lowest BCUT2D eigenvalue weighted by molar-refractivity contribution is 0.296. The number of benzene rings is 1. The predicted octanol–water partition coefficient (Wildman–Crippen LogP) is 3.18. The predicted molar refractivity (Wildman–Crippen MR) is 58.1 cm³/mol. The Bertz CT molecular complexity index is 256. The van der Waals surface area contributed by atoms with E-state index in [4.69, 9.17) is 11.6 Å². The summed E-state index contributed by atoms with van der Waals surface area (Å²) in [5.74, 6) is 0. The second-order valence-electron chi connectivity index (χ2n) is 3.05. The van der Waals surface area contributed by atoms with Crippen molar-refractivity contribution in [3.8, 4) is 0 Å². The van der Waals surface area contributed by atoms with Gasteiger partial charge in [0.05, 0.1) is 0 Å². The van der Waals surface area contributed by atoms with Crippen LogP contribution in [0.25, 0.3) is 0 Å². The van der Waals surface area contributed by atoms with Gasteiger partial charge in [-0.2, -0.15) is 0 Å². The van der Waals surface area contributed by atoms with Crippen LogP contribution in [-0.2, 0) is 6.54 Å². The highest BCUT2D eigenvalue weighted by Gasteiger charge is 2.03. The summed E-state index contributed by atoms with van der Waals surface area (Å²) >= 11 is 6.06. The first kappa shape index (κ1) is 10.6. The molecule has 0 saturated heterocycles. The normalized spacial score (nSPS) is 10.8. The third-order valence-electron chi connectivity index (χ3n) is 2.25. The van der Waals surface area contributed by atoms with Gasteiger partial charge in [0, 0.05) is 11.6 Å². The van der Waals surface area contributed by atoms with Crippen molar-refractivity contribution in [1.29, 1.82) is 0 Å². The summed E-state index contributed by atoms with van der Waals surface area (Å²) < 4.78 is 0. The molecule has 0 bridgehead atoms. The molecule has 0 aliphatic heterocycles. The lowest BCUT2D eigenvalue weighted by Crippen LogP contribution is -2.22. The monoisotopic (exact) mass is 197 g/mol. The van der Waals surface area contributed by atoms with E-state index in [-0.39, 0.29) is 0 Å². The molecule has 0 atom stereocenters. The van der Waals surface area contributed by atoms with Crippen LogP contribution in [0.2, 0.25) is 5.02 Å². The highest BCUT2D eigenvalue weighted by molar-refractivity contribution is 6.31. The minimum absolute atomic E-state index is 0.870. The Balaban J connectivity index is 2.67. The van der Waals surface area contributed by atoms with Gasteiger partial charge in [-0.25, -0.2) is 0 Å². The topological polar surface area (TPSA) is 3.24 Å². The Hall–Kier alpha value is -0.530. The van der Waals surface area contributed by atoms with Gasteiger partial charge in [0.15, 0.2) is 0 Å². The van der Waals surface area contributed by atoms with Gasteiger partial charge in [-0.15, -0.1) is 0 Å². The maximum absolute atomic E-state index is 6.06. The quantitative estimate of drug-likeness (QED) is 0.717. The van der Waals surface area contributed by atoms with Crippen molar-refractivity contribution in [1.82, 2.24) is 4.90 Å². The van der Waals surface area contributed by atoms with Gasteiger partial charge in [0.2, 0.25) is 0 Å². The average Bonchev–Trinajstić information content (AvgIpc) is 2.17. The number of hydrogen-bond acceptors (Lipinski definition) is 1. The van der Waals surface area contributed by atoms with Crippen molar-refractivity contribution in [3.63, 3.8) is 0 Å². The highest BCUT2D eigenvalue weighted by atomic mass is 35.5. The van der Waals surface area contributed by atoms with E-state index in [0.29, 0.717) is 0 Å². The molecule has 0 radical (unpaired) electrons. The molecular weight excluding hydrogens is 182 g/mol. The highest BCUT2D eigenvalue weighted by Crippen LogP contribution is 2.16. The second kappa shape index (κ2) is 5.25. The van der Waals surface area contributed by atoms with Crippen molar-refractivity contribution in [2.24, 2.45) is 0 Å². The Kier molecular flexibility index (Phi) is 4.26. The first-order chi connectivity index (χ1) is 6.27. The van der Waals surface area contributed by atoms with Gasteiger partial charge >= 0.3 is 0 Å². The van der Waals surface area contributed by atoms with Gasteiger partial charge in [0.25, 0.3) is 0 Å². The standard InChI is InChI=1S/C11H16ClN/c1-3-13(4-2)9-10-7-5-6-8-11(10)12/h5-8H,3-4,9H2,1-2H3. The molecular formula is C11H16ClN. The van der Waals surface area contributed by atoms with Crippen LogP contribution in [0.3, 0.4) is 0 Å². The van der Waals surface area contributed by atoms with E-state index in [2.05, 4.69) is 24.8 Å². The molecule has 0 spiro atoms. The zero-order chi connectivity index (χ0) is 9.68. The average molecular weight is 198 g/mol. The molecule has 1 rings (SSSR count). The molecule has 1 aromatic rings. The molecule has 0 aliphatic rings. The maximum Gasteiger partial charge on any atom is 0.0451 e. The molecule has 13 heavy (non-hydrogen) atoms. The molecule has 0 saturated carbocycles. The summed E-state index contributed by atoms with van der Waals surface area (Å²) in [5.41, 5.74) is 1.22. The molecule has 2 heteroatoms. The van der Waals surface area contributed by atoms with Crippen LogP contribution < -0.4 is 0 Å². The van der Waals surface area contributed by atoms with E-state index in [9.17, 15) is 0 Å². The third-order valence-corrected chi connectivity index (χ3v) is 2.61. The minimum atomic E-state index is 0.870. The summed E-state index contributed by atoms with van der Waals surface area (Å²) in [7, 11) is 0. The Morgan fingerprint density at radius 1 is 1.15 bits per heavy atom. The number of nitrogens with zero attached hydrogens (tertiary/aromatic N) is 1. The first-order valence-electron chi connectivity index (χ1n) is 4.73. The van der Waals surface area contributed by atoms with Crippen LogP contribution in [-0.4, -0.2) is 18.0 Å². The Labute approximate surface area is 85.3 Å². The fraction of sp³-hybridized carbons (Fsp3) is 0.455. The second-order valence-corrected chi connectivity index (χ2v) is 3.46. The number of hydrogen-bond donors (Lipinski definition) is 0. The Morgan fingerprint density at radius 3 is 2.31 bits per heavy atom. The van der Waals surface area contributed by atoms with Crippen molar-refractivity contribution in [3.05, 3.63) is 34.9 Å². The molecule has 72 valence electrons. The van der Waals surface area contributed by atoms with E-state index < -0.39 is 0 Å². The van der Waals surface area contributed by atoms with Crippen molar-refractivity contribution in [2.75, 3.05) is 13.1 Å². The fourth-order valence-electron chi connectivity index (χ4n) is 1.31. The molecule has 0 fully saturated rings. The summed E-state index contributed by atoms with van der Waals surface area (Å²) in [6.07, 6.45) is 0. The number of rotatable bonds is 4. The van der Waals surface area contributed by atoms with Crippen LogP contribution in [0.4, 0.5) is 0 Å². The van der Waals surface area contributed by atoms with Crippen molar-refractivity contribution < 1.29 is 0 Å². The minimum Gasteiger partial charge on any atom is -0.300 e. The maximum atomic E-state index is 6.06. The molecule has 0 unspecified atom stereocenters. The van der Waals surface area contributed by atoms with Crippen LogP contribution in [0, 0.1) is 0 Å². The van der Waals surface area contributed by atoms with E-state index in [0.717, 1.165) is 24.7 Å². The SMILES string of the molecule is CCN(CC)Cc1ccccc1Cl. The van der Waals surface area contributed by atoms with Crippen LogP contribution in [0.5, 0.6) is 0 Å². The zero-order valence-corrected chi connectivity index (χ0v) is 9.01. The van der Waals surface area contributed by atoms with Crippen LogP contribution >= 0.6 is 11.6 Å². The van der Waals surface area contributed by atoms with Crippen molar-refractivity contribution in [2.45, 2.75) is 20.4 Å². The lowest BCUT2D eigenvalue weighted by atomic mass is 10.2. The van der Waals surface area contributed by atoms with Gasteiger partial charge < -0.3 is 0 Å². The van der Waals surface area contributed by atoms with Gasteiger partial charge in [-0.05, 0) is 24.7 Å². The van der Waals surface area contributed by atoms with Gasteiger partial charge in [-0.3, -0.25) is 4.90 Å². The first-order valence-corrected chi connectivity index (χ1v) is 5.11. The summed E-state index contributed by atoms with van der Waals surface area (Å²) in [6.45, 7) is 7.43. The zero-order valence-electron chi connectivity index (χ0n) is 8.26. The Morgan fingerprint density at radius 2 is 1.77 bits per heavy atom. The summed E-state index contributed by atoms with van der Waals surface area (Å²) in [5, 5.41) is 0.870. The van der Waals surface area contributed by atoms with E-state index in [1.165, 1.54) is 5.56 Å². The van der Waals surface area contributed by atoms with Gasteiger partial charge in [0.1, 0.15) is 0 Å². The van der Waals surface area contributed by atoms with Gasteiger partial charge in [-0.1, -0.05) is 43.6 Å². The largest absolute Gasteiger partial charge is 0.300 e. The molecule has 0 N–H and O–H groups in total. The van der Waals surface area contributed by atoms with E-state index >= 15 is 0 Å². The fourth-order valence-corrected chi connectivity index (χ4v) is 1.51. The molecule has 1 nitrogen and oxygen atoms in total.